The maximum Gasteiger partial charge on any atom is 0.0509 e. The summed E-state index contributed by atoms with van der Waals surface area (Å²) in [6, 6.07) is 0. The highest BCUT2D eigenvalue weighted by molar-refractivity contribution is 7.30. The molecule has 0 saturated carbocycles. The number of allylic oxidation sites excluding steroid dienone is 2. The first kappa shape index (κ1) is 13.9. The van der Waals surface area contributed by atoms with E-state index in [1.807, 2.05) is 0 Å². The van der Waals surface area contributed by atoms with Gasteiger partial charge in [-0.05, 0) is 45.3 Å². The topological polar surface area (TPSA) is 8.17 Å². The van der Waals surface area contributed by atoms with Crippen LogP contribution in [0, 0.1) is 0 Å². The van der Waals surface area contributed by atoms with Crippen LogP contribution in [-0.4, -0.2) is 15.3 Å². The minimum absolute atomic E-state index is 1.01. The van der Waals surface area contributed by atoms with Crippen molar-refractivity contribution in [3.63, 3.8) is 0 Å². The van der Waals surface area contributed by atoms with E-state index in [0.717, 1.165) is 19.4 Å². The summed E-state index contributed by atoms with van der Waals surface area (Å²) < 4.78 is 4.20. The first-order valence-corrected chi connectivity index (χ1v) is 7.59. The Labute approximate surface area is 112 Å². The maximum absolute atomic E-state index is 2.82. The van der Waals surface area contributed by atoms with Crippen LogP contribution in [0.4, 0.5) is 0 Å². The molecule has 0 N–H and O–H groups in total. The summed E-state index contributed by atoms with van der Waals surface area (Å²) in [6.45, 7) is 1.01. The molecule has 2 rings (SSSR count). The molecule has 0 fully saturated rings. The molecule has 1 aromatic heterocycles. The van der Waals surface area contributed by atoms with Gasteiger partial charge in [-0.1, -0.05) is 24.9 Å². The van der Waals surface area contributed by atoms with Crippen LogP contribution in [0.5, 0.6) is 0 Å². The molecule has 4 unspecified atom stereocenters. The fourth-order valence-corrected chi connectivity index (χ4v) is 2.92. The Hall–Kier alpha value is 0.440. The van der Waals surface area contributed by atoms with Crippen LogP contribution in [0.1, 0.15) is 23.2 Å². The summed E-state index contributed by atoms with van der Waals surface area (Å²) in [5.74, 6) is 0. The van der Waals surface area contributed by atoms with E-state index < -0.39 is 0 Å². The van der Waals surface area contributed by atoms with Crippen molar-refractivity contribution in [1.29, 1.82) is 0 Å². The third-order valence-corrected chi connectivity index (χ3v) is 4.14. The second-order valence-corrected chi connectivity index (χ2v) is 7.39. The minimum Gasteiger partial charge on any atom is -0.332 e. The average molecular weight is 302 g/mol. The third kappa shape index (κ3) is 3.47. The molecule has 1 heterocycles. The highest BCUT2D eigenvalue weighted by Crippen LogP contribution is 2.30. The zero-order chi connectivity index (χ0) is 12.4. The van der Waals surface area contributed by atoms with Crippen molar-refractivity contribution in [3.8, 4) is 0 Å². The molecule has 1 aromatic rings. The molecule has 0 aromatic carbocycles. The van der Waals surface area contributed by atoms with E-state index in [1.165, 1.54) is 22.1 Å². The van der Waals surface area contributed by atoms with Crippen LogP contribution in [0.25, 0.3) is 12.2 Å². The Morgan fingerprint density at radius 3 is 2.82 bits per heavy atom. The second-order valence-electron chi connectivity index (χ2n) is 4.17. The highest BCUT2D eigenvalue weighted by atomic mass is 31.1. The zero-order valence-corrected chi connectivity index (χ0v) is 14.3. The van der Waals surface area contributed by atoms with Crippen molar-refractivity contribution < 1.29 is 0 Å². The normalized spacial score (nSPS) is 14.8. The molecule has 6 heteroatoms. The van der Waals surface area contributed by atoms with E-state index in [-0.39, 0.29) is 0 Å². The molecule has 92 valence electrons. The van der Waals surface area contributed by atoms with Crippen molar-refractivity contribution >= 4 is 49.6 Å². The Morgan fingerprint density at radius 1 is 1.35 bits per heavy atom. The smallest absolute Gasteiger partial charge is 0.0509 e. The first-order chi connectivity index (χ1) is 8.08. The molecule has 4 atom stereocenters. The van der Waals surface area contributed by atoms with Gasteiger partial charge in [0.15, 0.2) is 0 Å². The van der Waals surface area contributed by atoms with Gasteiger partial charge in [-0.15, -0.1) is 9.24 Å². The third-order valence-electron chi connectivity index (χ3n) is 2.79. The Morgan fingerprint density at radius 2 is 2.12 bits per heavy atom. The summed E-state index contributed by atoms with van der Waals surface area (Å²) in [6.07, 6.45) is 11.0. The van der Waals surface area contributed by atoms with Crippen LogP contribution in [0.15, 0.2) is 17.6 Å². The Balaban J connectivity index is 2.35. The molecule has 1 aliphatic rings. The Kier molecular flexibility index (Phi) is 4.94. The molecule has 17 heavy (non-hydrogen) atoms. The summed E-state index contributed by atoms with van der Waals surface area (Å²) in [7, 11) is 10.9. The van der Waals surface area contributed by atoms with Crippen molar-refractivity contribution in [3.05, 3.63) is 34.4 Å². The number of hydrogen-bond acceptors (Lipinski definition) is 1. The lowest BCUT2D eigenvalue weighted by Gasteiger charge is -2.08. The number of fused-ring (bicyclic) bond motifs is 1. The van der Waals surface area contributed by atoms with Crippen LogP contribution in [0.3, 0.4) is 0 Å². The predicted molar refractivity (Wildman–Crippen MR) is 90.7 cm³/mol. The van der Waals surface area contributed by atoms with E-state index in [1.54, 1.807) is 0 Å². The largest absolute Gasteiger partial charge is 0.332 e. The fraction of sp³-hybridized carbons (Fsp3) is 0.273. The Bertz CT molecular complexity index is 474. The van der Waals surface area contributed by atoms with Crippen LogP contribution in [-0.2, 0) is 6.42 Å². The van der Waals surface area contributed by atoms with Gasteiger partial charge in [-0.3, -0.25) is 4.44 Å². The summed E-state index contributed by atoms with van der Waals surface area (Å²) in [5, 5.41) is 1.34. The number of aromatic nitrogens is 1. The van der Waals surface area contributed by atoms with Gasteiger partial charge in [0.05, 0.1) is 5.69 Å². The highest BCUT2D eigenvalue weighted by Gasteiger charge is 2.12. The van der Waals surface area contributed by atoms with Gasteiger partial charge in [-0.2, -0.15) is 0 Å². The van der Waals surface area contributed by atoms with Crippen LogP contribution >= 0.6 is 37.4 Å². The van der Waals surface area contributed by atoms with E-state index in [9.17, 15) is 0 Å². The quantitative estimate of drug-likeness (QED) is 0.779. The molecule has 0 aliphatic heterocycles. The lowest BCUT2D eigenvalue weighted by molar-refractivity contribution is 0.726. The van der Waals surface area contributed by atoms with Gasteiger partial charge < -0.3 is 4.34 Å². The maximum atomic E-state index is 2.82. The lowest BCUT2D eigenvalue weighted by Crippen LogP contribution is -2.02. The zero-order valence-electron chi connectivity index (χ0n) is 9.63. The van der Waals surface area contributed by atoms with Crippen molar-refractivity contribution in [1.82, 2.24) is 8.78 Å². The second kappa shape index (κ2) is 6.06. The molecule has 1 aliphatic carbocycles. The van der Waals surface area contributed by atoms with E-state index in [2.05, 4.69) is 70.6 Å². The van der Waals surface area contributed by atoms with Gasteiger partial charge in [0.2, 0.25) is 0 Å². The molecule has 0 saturated heterocycles. The average Bonchev–Trinajstić information content (AvgIpc) is 2.45. The monoisotopic (exact) mass is 302 g/mol. The van der Waals surface area contributed by atoms with Gasteiger partial charge in [0, 0.05) is 18.3 Å². The minimum atomic E-state index is 1.01. The molecule has 2 nitrogen and oxygen atoms in total. The SMILES string of the molecule is PC1=Cc2c(CCN(P)P)cn(P)c2C=CC1. The van der Waals surface area contributed by atoms with Crippen molar-refractivity contribution in [2.75, 3.05) is 6.54 Å². The standard InChI is InChI=1S/C11H18N2P4/c14-9-2-1-3-11-10(6-9)8(7-12(11)15)4-5-13(16)17/h1,3,6-7H,2,4-5,14-17H2. The molecule has 0 bridgehead atoms. The fourth-order valence-electron chi connectivity index (χ4n) is 1.95. The number of rotatable bonds is 3. The summed E-state index contributed by atoms with van der Waals surface area (Å²) >= 11 is 0. The molecular weight excluding hydrogens is 284 g/mol. The van der Waals surface area contributed by atoms with Gasteiger partial charge in [-0.25, -0.2) is 0 Å². The van der Waals surface area contributed by atoms with E-state index >= 15 is 0 Å². The molecule has 0 spiro atoms. The van der Waals surface area contributed by atoms with Gasteiger partial charge in [0.25, 0.3) is 0 Å². The molecule has 0 amide bonds. The molecule has 0 radical (unpaired) electrons. The van der Waals surface area contributed by atoms with E-state index in [0.29, 0.717) is 0 Å². The summed E-state index contributed by atoms with van der Waals surface area (Å²) in [4.78, 5) is 0. The van der Waals surface area contributed by atoms with Crippen LogP contribution < -0.4 is 0 Å². The van der Waals surface area contributed by atoms with Crippen molar-refractivity contribution in [2.45, 2.75) is 12.8 Å². The first-order valence-electron chi connectivity index (χ1n) is 5.46. The summed E-state index contributed by atoms with van der Waals surface area (Å²) in [5.41, 5.74) is 4.04. The van der Waals surface area contributed by atoms with E-state index in [4.69, 9.17) is 0 Å². The number of hydrogen-bond donors (Lipinski definition) is 0. The van der Waals surface area contributed by atoms with Crippen LogP contribution in [0.2, 0.25) is 0 Å². The van der Waals surface area contributed by atoms with Crippen molar-refractivity contribution in [2.24, 2.45) is 0 Å². The lowest BCUT2D eigenvalue weighted by atomic mass is 10.1. The van der Waals surface area contributed by atoms with Gasteiger partial charge in [0.1, 0.15) is 0 Å². The van der Waals surface area contributed by atoms with Gasteiger partial charge >= 0.3 is 0 Å². The number of nitrogens with zero attached hydrogens (tertiary/aromatic N) is 2. The predicted octanol–water partition coefficient (Wildman–Crippen LogP) is 3.18. The molecular formula is C11H18N2P4.